The number of hydrogen-bond donors (Lipinski definition) is 13. The maximum atomic E-state index is 13.3. The van der Waals surface area contributed by atoms with E-state index in [0.717, 1.165) is 6.92 Å². The highest BCUT2D eigenvalue weighted by molar-refractivity contribution is 7.98. The number of nitrogens with one attached hydrogen (secondary N) is 5. The minimum Gasteiger partial charge on any atom is -0.481 e. The van der Waals surface area contributed by atoms with E-state index in [1.165, 1.54) is 11.8 Å². The van der Waals surface area contributed by atoms with E-state index in [-0.39, 0.29) is 37.5 Å². The predicted molar refractivity (Wildman–Crippen MR) is 178 cm³/mol. The number of aliphatic hydroxyl groups is 1. The number of aliphatic carboxylic acids is 3. The molecule has 0 aliphatic rings. The highest BCUT2D eigenvalue weighted by Gasteiger charge is 2.35. The summed E-state index contributed by atoms with van der Waals surface area (Å²) in [6.07, 6.45) is -2.83. The predicted octanol–water partition coefficient (Wildman–Crippen LogP) is -6.17. The summed E-state index contributed by atoms with van der Waals surface area (Å²) in [4.78, 5) is 114. The molecule has 0 spiro atoms. The molecule has 0 rings (SSSR count). The molecule has 0 heterocycles. The lowest BCUT2D eigenvalue weighted by Crippen LogP contribution is -2.61. The monoisotopic (exact) mass is 750 g/mol. The summed E-state index contributed by atoms with van der Waals surface area (Å²) in [5.41, 5.74) is 21.0. The van der Waals surface area contributed by atoms with Crippen molar-refractivity contribution in [2.45, 2.75) is 87.8 Å². The molecule has 0 aromatic rings. The van der Waals surface area contributed by atoms with Crippen molar-refractivity contribution in [2.75, 3.05) is 18.6 Å². The number of carbonyl (C=O) groups is 9. The Balaban J connectivity index is 6.04. The molecule has 0 saturated heterocycles. The van der Waals surface area contributed by atoms with Crippen molar-refractivity contribution in [1.29, 1.82) is 0 Å². The van der Waals surface area contributed by atoms with E-state index in [9.17, 15) is 63.6 Å². The zero-order valence-corrected chi connectivity index (χ0v) is 28.6. The van der Waals surface area contributed by atoms with Crippen molar-refractivity contribution < 1.29 is 63.6 Å². The average Bonchev–Trinajstić information content (AvgIpc) is 3.00. The molecule has 0 saturated carbocycles. The molecule has 0 aliphatic carbocycles. The van der Waals surface area contributed by atoms with Crippen molar-refractivity contribution >= 4 is 71.1 Å². The van der Waals surface area contributed by atoms with Crippen LogP contribution >= 0.6 is 11.8 Å². The van der Waals surface area contributed by atoms with Gasteiger partial charge in [0.2, 0.25) is 35.4 Å². The van der Waals surface area contributed by atoms with Crippen LogP contribution < -0.4 is 49.5 Å². The molecule has 23 nitrogen and oxygen atoms in total. The van der Waals surface area contributed by atoms with Crippen LogP contribution in [0.1, 0.15) is 45.4 Å². The second-order valence-corrected chi connectivity index (χ2v) is 12.0. The summed E-state index contributed by atoms with van der Waals surface area (Å²) in [6, 6.07) is -10.1. The zero-order valence-electron chi connectivity index (χ0n) is 27.8. The Bertz CT molecular complexity index is 1310. The third-order valence-corrected chi connectivity index (χ3v) is 7.29. The van der Waals surface area contributed by atoms with E-state index in [4.69, 9.17) is 22.9 Å². The first-order valence-electron chi connectivity index (χ1n) is 15.1. The maximum Gasteiger partial charge on any atom is 0.326 e. The van der Waals surface area contributed by atoms with Gasteiger partial charge in [0.1, 0.15) is 30.2 Å². The topological polar surface area (TPSA) is 411 Å². The molecule has 0 radical (unpaired) electrons. The lowest BCUT2D eigenvalue weighted by Gasteiger charge is -2.27. The van der Waals surface area contributed by atoms with Crippen LogP contribution in [0.5, 0.6) is 0 Å². The van der Waals surface area contributed by atoms with Gasteiger partial charge in [-0.05, 0) is 38.2 Å². The number of guanidine groups is 1. The van der Waals surface area contributed by atoms with Gasteiger partial charge in [-0.2, -0.15) is 11.8 Å². The molecule has 288 valence electrons. The van der Waals surface area contributed by atoms with Gasteiger partial charge in [-0.3, -0.25) is 43.3 Å². The van der Waals surface area contributed by atoms with Gasteiger partial charge in [-0.25, -0.2) is 4.79 Å². The average molecular weight is 751 g/mol. The Morgan fingerprint density at radius 2 is 1.14 bits per heavy atom. The highest BCUT2D eigenvalue weighted by atomic mass is 32.2. The molecule has 7 atom stereocenters. The summed E-state index contributed by atoms with van der Waals surface area (Å²) in [5, 5.41) is 49.1. The molecule has 0 aromatic heterocycles. The first-order chi connectivity index (χ1) is 23.7. The number of carbonyl (C=O) groups excluding carboxylic acids is 6. The van der Waals surface area contributed by atoms with Crippen LogP contribution in [-0.4, -0.2) is 141 Å². The number of amides is 6. The number of rotatable bonds is 25. The van der Waals surface area contributed by atoms with Gasteiger partial charge >= 0.3 is 17.9 Å². The van der Waals surface area contributed by atoms with Crippen LogP contribution in [0.15, 0.2) is 4.99 Å². The molecular formula is C27H46N10O13S. The lowest BCUT2D eigenvalue weighted by atomic mass is 10.1. The summed E-state index contributed by atoms with van der Waals surface area (Å²) in [7, 11) is 0. The van der Waals surface area contributed by atoms with E-state index in [1.54, 1.807) is 6.26 Å². The number of aliphatic hydroxyl groups excluding tert-OH is 1. The van der Waals surface area contributed by atoms with Crippen LogP contribution in [-0.2, 0) is 43.2 Å². The van der Waals surface area contributed by atoms with Gasteiger partial charge in [0.05, 0.1) is 31.4 Å². The van der Waals surface area contributed by atoms with Crippen LogP contribution in [0.25, 0.3) is 0 Å². The molecule has 6 amide bonds. The number of carboxylic acids is 3. The Morgan fingerprint density at radius 1 is 0.667 bits per heavy atom. The van der Waals surface area contributed by atoms with Crippen LogP contribution in [0.2, 0.25) is 0 Å². The molecule has 0 unspecified atom stereocenters. The van der Waals surface area contributed by atoms with Crippen LogP contribution in [0.3, 0.4) is 0 Å². The molecule has 51 heavy (non-hydrogen) atoms. The van der Waals surface area contributed by atoms with E-state index in [2.05, 4.69) is 20.9 Å². The van der Waals surface area contributed by atoms with Crippen LogP contribution in [0.4, 0.5) is 0 Å². The Kier molecular flexibility index (Phi) is 20.8. The number of primary amides is 1. The molecule has 17 N–H and O–H groups in total. The fourth-order valence-electron chi connectivity index (χ4n) is 4.09. The van der Waals surface area contributed by atoms with Gasteiger partial charge in [-0.1, -0.05) is 0 Å². The fraction of sp³-hybridized carbons (Fsp3) is 0.630. The number of aliphatic imine (C=N–C) groups is 1. The summed E-state index contributed by atoms with van der Waals surface area (Å²) in [6.45, 7) is 1.18. The third-order valence-electron chi connectivity index (χ3n) is 6.65. The third kappa shape index (κ3) is 18.9. The summed E-state index contributed by atoms with van der Waals surface area (Å²) < 4.78 is 0. The largest absolute Gasteiger partial charge is 0.481 e. The van der Waals surface area contributed by atoms with Gasteiger partial charge in [0.15, 0.2) is 5.96 Å². The minimum absolute atomic E-state index is 0.0542. The first kappa shape index (κ1) is 45.8. The Hall–Kier alpha value is -5.23. The van der Waals surface area contributed by atoms with E-state index in [1.807, 2.05) is 10.6 Å². The Morgan fingerprint density at radius 3 is 1.57 bits per heavy atom. The second kappa shape index (κ2) is 23.2. The quantitative estimate of drug-likeness (QED) is 0.0234. The number of nitrogens with zero attached hydrogens (tertiary/aromatic N) is 1. The summed E-state index contributed by atoms with van der Waals surface area (Å²) in [5.74, 6) is -11.5. The van der Waals surface area contributed by atoms with Gasteiger partial charge in [-0.15, -0.1) is 0 Å². The second-order valence-electron chi connectivity index (χ2n) is 11.0. The number of thioether (sulfide) groups is 1. The van der Waals surface area contributed by atoms with Crippen molar-refractivity contribution in [3.63, 3.8) is 0 Å². The zero-order chi connectivity index (χ0) is 39.4. The standard InChI is InChI=1S/C27H46N10O13S/c1-11(38)20(25(48)34-14(26(49)50)4-3-6-32-27(30)31)37-22(45)13(5-7-51-2)33-23(46)16(10-19(42)43)36-24(47)15(9-18(40)41)35-21(44)12(28)8-17(29)39/h11-16,20,38H,3-10,28H2,1-2H3,(H2,29,39)(H,33,46)(H,34,48)(H,35,44)(H,36,47)(H,37,45)(H,40,41)(H,42,43)(H,49,50)(H4,30,31,32)/t11-,12+,13+,14+,15+,16+,20+/m1/s1. The smallest absolute Gasteiger partial charge is 0.326 e. The lowest BCUT2D eigenvalue weighted by molar-refractivity contribution is -0.144. The van der Waals surface area contributed by atoms with Gasteiger partial charge in [0.25, 0.3) is 0 Å². The normalized spacial score (nSPS) is 14.8. The number of nitrogens with two attached hydrogens (primary N) is 4. The van der Waals surface area contributed by atoms with Crippen LogP contribution in [0, 0.1) is 0 Å². The Labute approximate surface area is 295 Å². The number of carboxylic acid groups (broad SMARTS) is 3. The minimum atomic E-state index is -1.95. The van der Waals surface area contributed by atoms with Crippen molar-refractivity contribution in [3.8, 4) is 0 Å². The highest BCUT2D eigenvalue weighted by Crippen LogP contribution is 2.07. The van der Waals surface area contributed by atoms with Gasteiger partial charge < -0.3 is 69.9 Å². The van der Waals surface area contributed by atoms with Crippen molar-refractivity contribution in [1.82, 2.24) is 26.6 Å². The summed E-state index contributed by atoms with van der Waals surface area (Å²) >= 11 is 1.23. The first-order valence-corrected chi connectivity index (χ1v) is 16.5. The molecule has 0 aliphatic heterocycles. The molecule has 0 fully saturated rings. The van der Waals surface area contributed by atoms with E-state index in [0.29, 0.717) is 0 Å². The molecule has 0 aromatic carbocycles. The fourth-order valence-corrected chi connectivity index (χ4v) is 4.56. The van der Waals surface area contributed by atoms with Gasteiger partial charge in [0, 0.05) is 6.54 Å². The molecule has 0 bridgehead atoms. The van der Waals surface area contributed by atoms with E-state index >= 15 is 0 Å². The van der Waals surface area contributed by atoms with E-state index < -0.39 is 115 Å². The SMILES string of the molecule is CSCC[C@H](NC(=O)[C@H](CC(=O)O)NC(=O)[C@H](CC(=O)O)NC(=O)[C@@H](N)CC(N)=O)C(=O)N[C@H](C(=O)N[C@@H](CCCN=C(N)N)C(=O)O)[C@@H](C)O. The van der Waals surface area contributed by atoms with Crippen molar-refractivity contribution in [3.05, 3.63) is 0 Å². The molecule has 24 heteroatoms. The molecular weight excluding hydrogens is 704 g/mol. The van der Waals surface area contributed by atoms with Crippen molar-refractivity contribution in [2.24, 2.45) is 27.9 Å². The number of hydrogen-bond acceptors (Lipinski definition) is 13. The maximum absolute atomic E-state index is 13.3.